The first-order valence-corrected chi connectivity index (χ1v) is 10.1. The summed E-state index contributed by atoms with van der Waals surface area (Å²) < 4.78 is 44.6. The predicted molar refractivity (Wildman–Crippen MR) is 95.0 cm³/mol. The van der Waals surface area contributed by atoms with Crippen LogP contribution in [0.4, 0.5) is 18.0 Å². The Labute approximate surface area is 170 Å². The molecule has 1 aromatic rings. The van der Waals surface area contributed by atoms with Crippen molar-refractivity contribution in [3.8, 4) is 0 Å². The lowest BCUT2D eigenvalue weighted by Gasteiger charge is -2.59. The Hall–Kier alpha value is -2.37. The summed E-state index contributed by atoms with van der Waals surface area (Å²) in [4.78, 5) is 27.9. The molecule has 4 heterocycles. The van der Waals surface area contributed by atoms with E-state index >= 15 is 0 Å². The van der Waals surface area contributed by atoms with Crippen molar-refractivity contribution in [2.75, 3.05) is 32.8 Å². The Balaban J connectivity index is 1.08. The number of urea groups is 1. The van der Waals surface area contributed by atoms with Gasteiger partial charge in [-0.3, -0.25) is 9.48 Å². The number of fused-ring (bicyclic) bond motifs is 1. The molecule has 3 saturated heterocycles. The molecule has 0 aromatic carbocycles. The van der Waals surface area contributed by atoms with E-state index in [9.17, 15) is 22.8 Å². The summed E-state index contributed by atoms with van der Waals surface area (Å²) in [5, 5.41) is 9.65. The average molecular weight is 428 g/mol. The molecule has 9 nitrogen and oxygen atoms in total. The van der Waals surface area contributed by atoms with E-state index in [1.54, 1.807) is 4.90 Å². The zero-order chi connectivity index (χ0) is 21.1. The van der Waals surface area contributed by atoms with Crippen molar-refractivity contribution < 1.29 is 27.5 Å². The van der Waals surface area contributed by atoms with Gasteiger partial charge in [-0.2, -0.15) is 13.2 Å². The number of carbonyl (C=O) groups is 2. The number of hydrogen-bond acceptors (Lipinski definition) is 5. The first-order chi connectivity index (χ1) is 14.2. The number of morpholine rings is 1. The second-order valence-corrected chi connectivity index (χ2v) is 8.99. The maximum Gasteiger partial charge on any atom is 0.436 e. The number of piperidine rings is 1. The van der Waals surface area contributed by atoms with Crippen LogP contribution in [0.25, 0.3) is 0 Å². The highest BCUT2D eigenvalue weighted by molar-refractivity contribution is 5.79. The van der Waals surface area contributed by atoms with Gasteiger partial charge in [0.05, 0.1) is 18.3 Å². The van der Waals surface area contributed by atoms with Gasteiger partial charge in [-0.15, -0.1) is 5.10 Å². The van der Waals surface area contributed by atoms with E-state index in [0.29, 0.717) is 39.1 Å². The van der Waals surface area contributed by atoms with Crippen molar-refractivity contribution in [1.82, 2.24) is 30.1 Å². The average Bonchev–Trinajstić information content (AvgIpc) is 3.10. The third-order valence-electron chi connectivity index (χ3n) is 6.64. The quantitative estimate of drug-likeness (QED) is 0.750. The van der Waals surface area contributed by atoms with Crippen LogP contribution >= 0.6 is 0 Å². The van der Waals surface area contributed by atoms with Crippen LogP contribution in [0, 0.1) is 11.3 Å². The van der Waals surface area contributed by atoms with Gasteiger partial charge < -0.3 is 19.9 Å². The lowest BCUT2D eigenvalue weighted by Crippen LogP contribution is -2.68. The van der Waals surface area contributed by atoms with Crippen LogP contribution in [0.5, 0.6) is 0 Å². The van der Waals surface area contributed by atoms with Gasteiger partial charge in [0.25, 0.3) is 0 Å². The van der Waals surface area contributed by atoms with E-state index in [-0.39, 0.29) is 42.0 Å². The van der Waals surface area contributed by atoms with Crippen molar-refractivity contribution in [2.45, 2.75) is 44.1 Å². The van der Waals surface area contributed by atoms with Crippen molar-refractivity contribution in [3.63, 3.8) is 0 Å². The monoisotopic (exact) mass is 428 g/mol. The molecule has 2 atom stereocenters. The molecule has 0 radical (unpaired) electrons. The first-order valence-electron chi connectivity index (χ1n) is 10.1. The molecular formula is C18H23F3N6O3. The fraction of sp³-hybridized carbons (Fsp3) is 0.778. The van der Waals surface area contributed by atoms with Crippen LogP contribution in [0.3, 0.4) is 0 Å². The number of halogens is 3. The van der Waals surface area contributed by atoms with E-state index in [4.69, 9.17) is 4.74 Å². The Kier molecular flexibility index (Phi) is 4.46. The molecule has 1 spiro atoms. The van der Waals surface area contributed by atoms with Gasteiger partial charge in [-0.25, -0.2) is 4.79 Å². The highest BCUT2D eigenvalue weighted by Gasteiger charge is 2.54. The second kappa shape index (κ2) is 6.82. The number of likely N-dealkylation sites (tertiary alicyclic amines) is 2. The van der Waals surface area contributed by atoms with Gasteiger partial charge in [0.2, 0.25) is 5.91 Å². The van der Waals surface area contributed by atoms with E-state index in [1.807, 2.05) is 4.90 Å². The second-order valence-electron chi connectivity index (χ2n) is 8.99. The topological polar surface area (TPSA) is 92.6 Å². The number of ether oxygens (including phenoxy) is 1. The van der Waals surface area contributed by atoms with Gasteiger partial charge in [0.1, 0.15) is 6.61 Å². The molecule has 1 N–H and O–H groups in total. The smallest absolute Gasteiger partial charge is 0.366 e. The summed E-state index contributed by atoms with van der Waals surface area (Å²) in [6.45, 7) is 2.89. The van der Waals surface area contributed by atoms with Gasteiger partial charge in [-0.1, -0.05) is 5.21 Å². The van der Waals surface area contributed by atoms with Crippen LogP contribution < -0.4 is 5.32 Å². The molecule has 4 aliphatic rings. The van der Waals surface area contributed by atoms with Crippen LogP contribution in [0.1, 0.15) is 25.0 Å². The number of rotatable bonds is 2. The van der Waals surface area contributed by atoms with Crippen LogP contribution in [0.2, 0.25) is 0 Å². The molecule has 1 aliphatic carbocycles. The minimum Gasteiger partial charge on any atom is -0.366 e. The summed E-state index contributed by atoms with van der Waals surface area (Å²) in [5.74, 6) is 0.0964. The third-order valence-corrected chi connectivity index (χ3v) is 6.64. The van der Waals surface area contributed by atoms with E-state index in [0.717, 1.165) is 19.0 Å². The number of carbonyl (C=O) groups excluding carboxylic acids is 2. The largest absolute Gasteiger partial charge is 0.436 e. The van der Waals surface area contributed by atoms with E-state index in [2.05, 4.69) is 15.6 Å². The summed E-state index contributed by atoms with van der Waals surface area (Å²) in [7, 11) is 0. The van der Waals surface area contributed by atoms with Gasteiger partial charge in [0.15, 0.2) is 5.69 Å². The van der Waals surface area contributed by atoms with Crippen molar-refractivity contribution >= 4 is 11.9 Å². The zero-order valence-electron chi connectivity index (χ0n) is 16.3. The van der Waals surface area contributed by atoms with Crippen LogP contribution in [-0.4, -0.2) is 81.7 Å². The Morgan fingerprint density at radius 1 is 1.30 bits per heavy atom. The molecule has 0 unspecified atom stereocenters. The van der Waals surface area contributed by atoms with Crippen molar-refractivity contribution in [1.29, 1.82) is 0 Å². The minimum atomic E-state index is -4.48. The van der Waals surface area contributed by atoms with Gasteiger partial charge >= 0.3 is 12.2 Å². The highest BCUT2D eigenvalue weighted by Crippen LogP contribution is 2.52. The summed E-state index contributed by atoms with van der Waals surface area (Å²) in [5.41, 5.74) is -0.894. The maximum atomic E-state index is 12.8. The predicted octanol–water partition coefficient (Wildman–Crippen LogP) is 0.718. The van der Waals surface area contributed by atoms with Crippen LogP contribution in [0.15, 0.2) is 6.20 Å². The third kappa shape index (κ3) is 3.50. The lowest BCUT2D eigenvalue weighted by atomic mass is 9.58. The van der Waals surface area contributed by atoms with Gasteiger partial charge in [0, 0.05) is 38.1 Å². The molecule has 5 rings (SSSR count). The summed E-state index contributed by atoms with van der Waals surface area (Å²) in [6.07, 6.45) is -1.13. The Morgan fingerprint density at radius 2 is 2.07 bits per heavy atom. The molecule has 164 valence electrons. The number of hydrogen-bond donors (Lipinski definition) is 1. The Morgan fingerprint density at radius 3 is 2.77 bits per heavy atom. The summed E-state index contributed by atoms with van der Waals surface area (Å²) in [6, 6.07) is -0.176. The number of aromatic nitrogens is 3. The highest BCUT2D eigenvalue weighted by atomic mass is 19.4. The normalized spacial score (nSPS) is 28.6. The molecule has 12 heteroatoms. The molecular weight excluding hydrogens is 405 g/mol. The fourth-order valence-electron chi connectivity index (χ4n) is 5.31. The summed E-state index contributed by atoms with van der Waals surface area (Å²) >= 11 is 0. The van der Waals surface area contributed by atoms with E-state index in [1.165, 1.54) is 4.68 Å². The van der Waals surface area contributed by atoms with Crippen molar-refractivity contribution in [3.05, 3.63) is 11.9 Å². The molecule has 3 amide bonds. The number of alkyl halides is 3. The molecule has 4 fully saturated rings. The standard InChI is InChI=1S/C18H23F3N6O3/c19-18(20,21)14-7-27(24-23-14)5-11-3-17(4-11)9-26(10-17)16(29)25-2-1-13-12(6-25)22-15(28)8-30-13/h7,11-13H,1-6,8-10H2,(H,22,28)/t12-,13+/m1/s1. The molecule has 1 saturated carbocycles. The molecule has 30 heavy (non-hydrogen) atoms. The molecule has 3 aliphatic heterocycles. The van der Waals surface area contributed by atoms with Gasteiger partial charge in [-0.05, 0) is 25.2 Å². The Bertz CT molecular complexity index is 844. The number of nitrogens with one attached hydrogen (secondary N) is 1. The minimum absolute atomic E-state index is 0.0200. The fourth-order valence-corrected chi connectivity index (χ4v) is 5.31. The zero-order valence-corrected chi connectivity index (χ0v) is 16.3. The first kappa shape index (κ1) is 19.6. The maximum absolute atomic E-state index is 12.8. The van der Waals surface area contributed by atoms with Crippen LogP contribution in [-0.2, 0) is 22.3 Å². The SMILES string of the molecule is O=C1CO[C@H]2CCN(C(=O)N3CC4(CC(Cn5cc(C(F)(F)F)nn5)C4)C3)C[C@H]2N1. The molecule has 0 bridgehead atoms. The molecule has 1 aromatic heterocycles. The van der Waals surface area contributed by atoms with E-state index < -0.39 is 11.9 Å². The number of nitrogens with zero attached hydrogens (tertiary/aromatic N) is 5. The number of amides is 3. The van der Waals surface area contributed by atoms with Crippen molar-refractivity contribution in [2.24, 2.45) is 11.3 Å². The lowest BCUT2D eigenvalue weighted by molar-refractivity contribution is -0.141.